The van der Waals surface area contributed by atoms with E-state index in [1.165, 1.54) is 18.4 Å². The maximum atomic E-state index is 14.0. The molecule has 0 aliphatic heterocycles. The largest absolute Gasteiger partial charge is 0.448 e. The first kappa shape index (κ1) is 21.8. The minimum absolute atomic E-state index is 0.0261. The second-order valence-electron chi connectivity index (χ2n) is 6.85. The Labute approximate surface area is 182 Å². The summed E-state index contributed by atoms with van der Waals surface area (Å²) in [4.78, 5) is 16.5. The molecule has 0 saturated carbocycles. The average molecular weight is 450 g/mol. The van der Waals surface area contributed by atoms with Crippen LogP contribution in [0.1, 0.15) is 41.7 Å². The van der Waals surface area contributed by atoms with E-state index in [2.05, 4.69) is 15.4 Å². The third kappa shape index (κ3) is 4.81. The molecule has 7 nitrogen and oxygen atoms in total. The Hall–Kier alpha value is -2.89. The van der Waals surface area contributed by atoms with E-state index in [1.54, 1.807) is 23.0 Å². The summed E-state index contributed by atoms with van der Waals surface area (Å²) in [6.45, 7) is 4.05. The molecule has 0 fully saturated rings. The van der Waals surface area contributed by atoms with E-state index in [-0.39, 0.29) is 34.1 Å². The number of nitrogens with one attached hydrogen (secondary N) is 1. The van der Waals surface area contributed by atoms with Crippen molar-refractivity contribution in [2.75, 3.05) is 5.88 Å². The fraction of sp³-hybridized carbons (Fsp3) is 0.300. The molecule has 2 unspecified atom stereocenters. The van der Waals surface area contributed by atoms with Crippen LogP contribution in [0.25, 0.3) is 11.3 Å². The number of amides is 1. The summed E-state index contributed by atoms with van der Waals surface area (Å²) in [6, 6.07) is 5.86. The lowest BCUT2D eigenvalue weighted by Crippen LogP contribution is -2.36. The molecule has 2 atom stereocenters. The van der Waals surface area contributed by atoms with Gasteiger partial charge in [-0.2, -0.15) is 10.4 Å². The summed E-state index contributed by atoms with van der Waals surface area (Å²) in [5, 5.41) is 16.2. The normalized spacial score (nSPS) is 12.9. The van der Waals surface area contributed by atoms with E-state index in [0.29, 0.717) is 29.6 Å². The zero-order valence-electron chi connectivity index (χ0n) is 16.2. The molecule has 0 bridgehead atoms. The van der Waals surface area contributed by atoms with Gasteiger partial charge in [-0.3, -0.25) is 9.48 Å². The van der Waals surface area contributed by atoms with Crippen molar-refractivity contribution in [1.82, 2.24) is 20.1 Å². The highest BCUT2D eigenvalue weighted by atomic mass is 35.5. The van der Waals surface area contributed by atoms with E-state index in [4.69, 9.17) is 32.9 Å². The molecular formula is C20H18Cl2FN5O2. The van der Waals surface area contributed by atoms with Crippen LogP contribution in [-0.4, -0.2) is 32.6 Å². The summed E-state index contributed by atoms with van der Waals surface area (Å²) in [6.07, 6.45) is 3.01. The molecule has 156 valence electrons. The number of nitriles is 1. The van der Waals surface area contributed by atoms with Crippen molar-refractivity contribution < 1.29 is 13.6 Å². The van der Waals surface area contributed by atoms with Gasteiger partial charge in [0.1, 0.15) is 23.7 Å². The van der Waals surface area contributed by atoms with Crippen LogP contribution in [-0.2, 0) is 6.54 Å². The lowest BCUT2D eigenvalue weighted by atomic mass is 10.1. The van der Waals surface area contributed by atoms with Crippen LogP contribution < -0.4 is 5.32 Å². The van der Waals surface area contributed by atoms with Gasteiger partial charge in [0.15, 0.2) is 11.6 Å². The predicted octanol–water partition coefficient (Wildman–Crippen LogP) is 4.36. The van der Waals surface area contributed by atoms with Gasteiger partial charge >= 0.3 is 0 Å². The smallest absolute Gasteiger partial charge is 0.273 e. The number of aromatic nitrogens is 3. The highest BCUT2D eigenvalue weighted by molar-refractivity contribution is 6.32. The molecule has 10 heteroatoms. The van der Waals surface area contributed by atoms with Gasteiger partial charge in [0.2, 0.25) is 0 Å². The van der Waals surface area contributed by atoms with E-state index >= 15 is 0 Å². The fourth-order valence-corrected chi connectivity index (χ4v) is 3.14. The maximum Gasteiger partial charge on any atom is 0.273 e. The number of nitrogens with zero attached hydrogens (tertiary/aromatic N) is 4. The second kappa shape index (κ2) is 9.28. The highest BCUT2D eigenvalue weighted by Crippen LogP contribution is 2.26. The van der Waals surface area contributed by atoms with Crippen LogP contribution in [0.2, 0.25) is 5.02 Å². The lowest BCUT2D eigenvalue weighted by molar-refractivity contribution is 0.0931. The zero-order chi connectivity index (χ0) is 21.8. The number of halogens is 3. The highest BCUT2D eigenvalue weighted by Gasteiger charge is 2.18. The Kier molecular flexibility index (Phi) is 6.75. The van der Waals surface area contributed by atoms with Gasteiger partial charge in [-0.05, 0) is 25.1 Å². The topological polar surface area (TPSA) is 96.7 Å². The van der Waals surface area contributed by atoms with E-state index in [0.717, 1.165) is 0 Å². The molecule has 1 N–H and O–H groups in total. The molecule has 30 heavy (non-hydrogen) atoms. The first-order valence-corrected chi connectivity index (χ1v) is 9.98. The number of carbonyl (C=O) groups is 1. The minimum Gasteiger partial charge on any atom is -0.448 e. The lowest BCUT2D eigenvalue weighted by Gasteiger charge is -2.13. The minimum atomic E-state index is -0.703. The molecule has 0 saturated heterocycles. The van der Waals surface area contributed by atoms with Gasteiger partial charge in [-0.25, -0.2) is 9.37 Å². The molecule has 1 aromatic carbocycles. The number of rotatable bonds is 7. The van der Waals surface area contributed by atoms with Crippen molar-refractivity contribution in [3.8, 4) is 17.3 Å². The summed E-state index contributed by atoms with van der Waals surface area (Å²) in [5.74, 6) is -0.409. The molecule has 2 heterocycles. The first-order chi connectivity index (χ1) is 14.3. The number of benzene rings is 1. The number of carbonyl (C=O) groups excluding carboxylic acids is 1. The van der Waals surface area contributed by atoms with Gasteiger partial charge in [0, 0.05) is 29.6 Å². The number of oxazole rings is 1. The molecule has 2 aromatic heterocycles. The Morgan fingerprint density at radius 3 is 2.87 bits per heavy atom. The van der Waals surface area contributed by atoms with Crippen molar-refractivity contribution in [3.05, 3.63) is 58.6 Å². The van der Waals surface area contributed by atoms with Crippen molar-refractivity contribution in [2.24, 2.45) is 0 Å². The summed E-state index contributed by atoms with van der Waals surface area (Å²) < 4.78 is 20.9. The van der Waals surface area contributed by atoms with Gasteiger partial charge in [-0.15, -0.1) is 11.6 Å². The Morgan fingerprint density at radius 2 is 2.20 bits per heavy atom. The zero-order valence-corrected chi connectivity index (χ0v) is 17.7. The maximum absolute atomic E-state index is 14.0. The molecule has 0 aliphatic rings. The van der Waals surface area contributed by atoms with Crippen LogP contribution in [0, 0.1) is 17.1 Å². The third-order valence-corrected chi connectivity index (χ3v) is 5.10. The number of hydrogen-bond acceptors (Lipinski definition) is 5. The van der Waals surface area contributed by atoms with Crippen molar-refractivity contribution in [3.63, 3.8) is 0 Å². The van der Waals surface area contributed by atoms with Crippen LogP contribution in [0.15, 0.2) is 35.1 Å². The summed E-state index contributed by atoms with van der Waals surface area (Å²) >= 11 is 11.7. The monoisotopic (exact) mass is 449 g/mol. The standard InChI is InChI=1S/C20H18Cl2FN5O2/c1-11(7-21)20-26-18(10-30-20)19(29)25-12(2)9-28-4-3-17(27-28)13-5-15(22)14(8-24)16(23)6-13/h3-6,10-12H,7,9H2,1-2H3,(H,25,29). The Bertz CT molecular complexity index is 1080. The molecule has 1 amide bonds. The van der Waals surface area contributed by atoms with Crippen LogP contribution in [0.5, 0.6) is 0 Å². The summed E-state index contributed by atoms with van der Waals surface area (Å²) in [7, 11) is 0. The average Bonchev–Trinajstić information content (AvgIpc) is 3.37. The van der Waals surface area contributed by atoms with Gasteiger partial charge in [-0.1, -0.05) is 18.5 Å². The Balaban J connectivity index is 1.65. The second-order valence-corrected chi connectivity index (χ2v) is 7.57. The van der Waals surface area contributed by atoms with Gasteiger partial charge in [0.05, 0.1) is 17.3 Å². The molecular weight excluding hydrogens is 432 g/mol. The van der Waals surface area contributed by atoms with Crippen LogP contribution >= 0.6 is 23.2 Å². The van der Waals surface area contributed by atoms with E-state index in [9.17, 15) is 9.18 Å². The van der Waals surface area contributed by atoms with E-state index < -0.39 is 5.82 Å². The quantitative estimate of drug-likeness (QED) is 0.540. The SMILES string of the molecule is CC(Cn1ccc(-c2cc(F)c(C#N)c(Cl)c2)n1)NC(=O)c1coc(C(C)CCl)n1. The van der Waals surface area contributed by atoms with Crippen molar-refractivity contribution in [1.29, 1.82) is 5.26 Å². The molecule has 3 aromatic rings. The fourth-order valence-electron chi connectivity index (χ4n) is 2.75. The predicted molar refractivity (Wildman–Crippen MR) is 110 cm³/mol. The molecule has 0 aliphatic carbocycles. The van der Waals surface area contributed by atoms with Crippen LogP contribution in [0.4, 0.5) is 4.39 Å². The van der Waals surface area contributed by atoms with Gasteiger partial charge in [0.25, 0.3) is 5.91 Å². The molecule has 3 rings (SSSR count). The molecule has 0 spiro atoms. The third-order valence-electron chi connectivity index (χ3n) is 4.34. The van der Waals surface area contributed by atoms with Crippen molar-refractivity contribution >= 4 is 29.1 Å². The van der Waals surface area contributed by atoms with Crippen molar-refractivity contribution in [2.45, 2.75) is 32.4 Å². The van der Waals surface area contributed by atoms with Gasteiger partial charge < -0.3 is 9.73 Å². The Morgan fingerprint density at radius 1 is 1.43 bits per heavy atom. The summed E-state index contributed by atoms with van der Waals surface area (Å²) in [5.41, 5.74) is 0.927. The van der Waals surface area contributed by atoms with Crippen LogP contribution in [0.3, 0.4) is 0 Å². The first-order valence-electron chi connectivity index (χ1n) is 9.07. The molecule has 0 radical (unpaired) electrons. The number of alkyl halides is 1. The number of hydrogen-bond donors (Lipinski definition) is 1. The van der Waals surface area contributed by atoms with E-state index in [1.807, 2.05) is 13.8 Å².